The molecule has 0 saturated heterocycles. The third-order valence-electron chi connectivity index (χ3n) is 4.52. The molecule has 0 spiro atoms. The highest BCUT2D eigenvalue weighted by molar-refractivity contribution is 6.00. The molecule has 0 radical (unpaired) electrons. The third kappa shape index (κ3) is 3.63. The van der Waals surface area contributed by atoms with Crippen LogP contribution in [0.1, 0.15) is 50.5 Å². The van der Waals surface area contributed by atoms with Crippen molar-refractivity contribution in [2.24, 2.45) is 5.92 Å². The Morgan fingerprint density at radius 3 is 2.86 bits per heavy atom. The summed E-state index contributed by atoms with van der Waals surface area (Å²) >= 11 is 0. The first-order chi connectivity index (χ1) is 10.2. The number of amides is 2. The van der Waals surface area contributed by atoms with Crippen LogP contribution in [0.4, 0.5) is 11.4 Å². The van der Waals surface area contributed by atoms with Crippen molar-refractivity contribution in [2.75, 3.05) is 10.6 Å². The van der Waals surface area contributed by atoms with Crippen LogP contribution in [0, 0.1) is 5.92 Å². The molecule has 21 heavy (non-hydrogen) atoms. The van der Waals surface area contributed by atoms with E-state index in [0.29, 0.717) is 12.8 Å². The largest absolute Gasteiger partial charge is 0.326 e. The van der Waals surface area contributed by atoms with Gasteiger partial charge in [-0.3, -0.25) is 9.59 Å². The first-order valence-corrected chi connectivity index (χ1v) is 7.93. The van der Waals surface area contributed by atoms with Crippen molar-refractivity contribution in [3.05, 3.63) is 23.8 Å². The zero-order valence-corrected chi connectivity index (χ0v) is 12.3. The second kappa shape index (κ2) is 6.29. The molecule has 1 fully saturated rings. The first kappa shape index (κ1) is 14.1. The summed E-state index contributed by atoms with van der Waals surface area (Å²) in [7, 11) is 0. The number of hydrogen-bond acceptors (Lipinski definition) is 2. The van der Waals surface area contributed by atoms with Crippen LogP contribution < -0.4 is 10.6 Å². The maximum Gasteiger partial charge on any atom is 0.228 e. The minimum atomic E-state index is 0.0192. The number of carbonyl (C=O) groups is 2. The van der Waals surface area contributed by atoms with Crippen molar-refractivity contribution in [3.8, 4) is 0 Å². The van der Waals surface area contributed by atoms with Gasteiger partial charge in [0.2, 0.25) is 11.8 Å². The van der Waals surface area contributed by atoms with E-state index in [9.17, 15) is 9.59 Å². The summed E-state index contributed by atoms with van der Waals surface area (Å²) in [4.78, 5) is 23.3. The van der Waals surface area contributed by atoms with E-state index in [1.807, 2.05) is 18.2 Å². The Bertz CT molecular complexity index is 548. The quantitative estimate of drug-likeness (QED) is 0.890. The lowest BCUT2D eigenvalue weighted by atomic mass is 9.86. The van der Waals surface area contributed by atoms with Gasteiger partial charge in [-0.25, -0.2) is 0 Å². The molecule has 1 aromatic carbocycles. The Morgan fingerprint density at radius 2 is 2.05 bits per heavy atom. The fourth-order valence-electron chi connectivity index (χ4n) is 3.34. The van der Waals surface area contributed by atoms with Gasteiger partial charge >= 0.3 is 0 Å². The second-order valence-corrected chi connectivity index (χ2v) is 6.19. The Balaban J connectivity index is 1.50. The monoisotopic (exact) mass is 286 g/mol. The van der Waals surface area contributed by atoms with Gasteiger partial charge in [-0.15, -0.1) is 0 Å². The molecule has 0 bridgehead atoms. The second-order valence-electron chi connectivity index (χ2n) is 6.19. The molecule has 112 valence electrons. The van der Waals surface area contributed by atoms with Gasteiger partial charge in [-0.1, -0.05) is 32.1 Å². The molecule has 1 aliphatic heterocycles. The van der Waals surface area contributed by atoms with E-state index in [1.165, 1.54) is 32.1 Å². The molecule has 1 saturated carbocycles. The van der Waals surface area contributed by atoms with Crippen molar-refractivity contribution >= 4 is 23.2 Å². The van der Waals surface area contributed by atoms with Gasteiger partial charge in [0.15, 0.2) is 0 Å². The lowest BCUT2D eigenvalue weighted by Gasteiger charge is -2.21. The number of carbonyl (C=O) groups excluding carboxylic acids is 2. The predicted molar refractivity (Wildman–Crippen MR) is 83.2 cm³/mol. The van der Waals surface area contributed by atoms with Crippen LogP contribution in [-0.2, 0) is 16.0 Å². The summed E-state index contributed by atoms with van der Waals surface area (Å²) in [5.74, 6) is 0.829. The highest BCUT2D eigenvalue weighted by atomic mass is 16.2. The van der Waals surface area contributed by atoms with Crippen LogP contribution in [0.15, 0.2) is 18.2 Å². The average Bonchev–Trinajstić information content (AvgIpc) is 2.85. The zero-order valence-electron chi connectivity index (χ0n) is 12.3. The molecule has 1 aromatic rings. The van der Waals surface area contributed by atoms with E-state index < -0.39 is 0 Å². The maximum atomic E-state index is 12.0. The van der Waals surface area contributed by atoms with Gasteiger partial charge < -0.3 is 10.6 Å². The normalized spacial score (nSPS) is 18.2. The van der Waals surface area contributed by atoms with Gasteiger partial charge in [-0.05, 0) is 36.1 Å². The lowest BCUT2D eigenvalue weighted by molar-refractivity contribution is -0.116. The van der Waals surface area contributed by atoms with E-state index >= 15 is 0 Å². The van der Waals surface area contributed by atoms with Crippen molar-refractivity contribution in [2.45, 2.75) is 51.4 Å². The molecular weight excluding hydrogens is 264 g/mol. The fourth-order valence-corrected chi connectivity index (χ4v) is 3.34. The molecule has 2 amide bonds. The summed E-state index contributed by atoms with van der Waals surface area (Å²) in [5.41, 5.74) is 2.61. The van der Waals surface area contributed by atoms with Crippen molar-refractivity contribution in [1.29, 1.82) is 0 Å². The van der Waals surface area contributed by atoms with Gasteiger partial charge in [-0.2, -0.15) is 0 Å². The predicted octanol–water partition coefficient (Wildman–Crippen LogP) is 3.48. The molecule has 0 atom stereocenters. The Hall–Kier alpha value is -1.84. The molecule has 3 rings (SSSR count). The maximum absolute atomic E-state index is 12.0. The first-order valence-electron chi connectivity index (χ1n) is 7.93. The molecule has 0 unspecified atom stereocenters. The van der Waals surface area contributed by atoms with Crippen molar-refractivity contribution < 1.29 is 9.59 Å². The summed E-state index contributed by atoms with van der Waals surface area (Å²) < 4.78 is 0. The SMILES string of the molecule is O=C(CCC1CCCCC1)Nc1ccc2c(c1)CC(=O)N2. The van der Waals surface area contributed by atoms with Crippen LogP contribution >= 0.6 is 0 Å². The smallest absolute Gasteiger partial charge is 0.228 e. The molecule has 4 heteroatoms. The van der Waals surface area contributed by atoms with E-state index in [-0.39, 0.29) is 11.8 Å². The van der Waals surface area contributed by atoms with Crippen LogP contribution in [0.2, 0.25) is 0 Å². The van der Waals surface area contributed by atoms with Gasteiger partial charge in [0.1, 0.15) is 0 Å². The Labute approximate surface area is 125 Å². The number of benzene rings is 1. The van der Waals surface area contributed by atoms with E-state index in [0.717, 1.165) is 29.3 Å². The lowest BCUT2D eigenvalue weighted by Crippen LogP contribution is -2.14. The molecule has 0 aromatic heterocycles. The summed E-state index contributed by atoms with van der Waals surface area (Å²) in [5, 5.41) is 5.74. The number of hydrogen-bond donors (Lipinski definition) is 2. The minimum Gasteiger partial charge on any atom is -0.326 e. The number of fused-ring (bicyclic) bond motifs is 1. The van der Waals surface area contributed by atoms with Crippen molar-refractivity contribution in [3.63, 3.8) is 0 Å². The fraction of sp³-hybridized carbons (Fsp3) is 0.529. The highest BCUT2D eigenvalue weighted by Crippen LogP contribution is 2.28. The molecule has 1 heterocycles. The van der Waals surface area contributed by atoms with Crippen LogP contribution in [0.5, 0.6) is 0 Å². The van der Waals surface area contributed by atoms with Crippen LogP contribution in [0.3, 0.4) is 0 Å². The molecule has 2 aliphatic rings. The topological polar surface area (TPSA) is 58.2 Å². The Morgan fingerprint density at radius 1 is 1.24 bits per heavy atom. The standard InChI is InChI=1S/C17H22N2O2/c20-16(9-6-12-4-2-1-3-5-12)18-14-7-8-15-13(10-14)11-17(21)19-15/h7-8,10,12H,1-6,9,11H2,(H,18,20)(H,19,21). The average molecular weight is 286 g/mol. The Kier molecular flexibility index (Phi) is 4.23. The summed E-state index contributed by atoms with van der Waals surface area (Å²) in [6.45, 7) is 0. The third-order valence-corrected chi connectivity index (χ3v) is 4.52. The molecule has 1 aliphatic carbocycles. The summed E-state index contributed by atoms with van der Waals surface area (Å²) in [6.07, 6.45) is 8.54. The molecule has 2 N–H and O–H groups in total. The molecular formula is C17H22N2O2. The van der Waals surface area contributed by atoms with Gasteiger partial charge in [0.25, 0.3) is 0 Å². The van der Waals surface area contributed by atoms with Crippen LogP contribution in [0.25, 0.3) is 0 Å². The van der Waals surface area contributed by atoms with Crippen LogP contribution in [-0.4, -0.2) is 11.8 Å². The van der Waals surface area contributed by atoms with Gasteiger partial charge in [0, 0.05) is 17.8 Å². The van der Waals surface area contributed by atoms with Crippen molar-refractivity contribution in [1.82, 2.24) is 0 Å². The number of anilines is 2. The van der Waals surface area contributed by atoms with Gasteiger partial charge in [0.05, 0.1) is 6.42 Å². The highest BCUT2D eigenvalue weighted by Gasteiger charge is 2.18. The zero-order chi connectivity index (χ0) is 14.7. The summed E-state index contributed by atoms with van der Waals surface area (Å²) in [6, 6.07) is 5.60. The van der Waals surface area contributed by atoms with E-state index in [1.54, 1.807) is 0 Å². The van der Waals surface area contributed by atoms with E-state index in [2.05, 4.69) is 10.6 Å². The molecule has 4 nitrogen and oxygen atoms in total. The minimum absolute atomic E-state index is 0.0192. The number of nitrogens with one attached hydrogen (secondary N) is 2. The number of rotatable bonds is 4. The van der Waals surface area contributed by atoms with E-state index in [4.69, 9.17) is 0 Å².